The summed E-state index contributed by atoms with van der Waals surface area (Å²) in [5.41, 5.74) is 2.21. The molecule has 5 rings (SSSR count). The Bertz CT molecular complexity index is 1430. The van der Waals surface area contributed by atoms with Gasteiger partial charge in [-0.25, -0.2) is 8.42 Å². The van der Waals surface area contributed by atoms with Gasteiger partial charge in [-0.05, 0) is 49.2 Å². The zero-order chi connectivity index (χ0) is 27.6. The highest BCUT2D eigenvalue weighted by Crippen LogP contribution is 2.47. The van der Waals surface area contributed by atoms with Crippen LogP contribution in [0.2, 0.25) is 0 Å². The number of rotatable bonds is 9. The fourth-order valence-corrected chi connectivity index (χ4v) is 6.35. The molecule has 3 N–H and O–H groups in total. The van der Waals surface area contributed by atoms with Crippen molar-refractivity contribution in [2.45, 2.75) is 54.9 Å². The number of fused-ring (bicyclic) bond motifs is 3. The van der Waals surface area contributed by atoms with Crippen molar-refractivity contribution in [1.82, 2.24) is 5.32 Å². The number of hydrogen-bond acceptors (Lipinski definition) is 7. The lowest BCUT2D eigenvalue weighted by atomic mass is 9.84. The van der Waals surface area contributed by atoms with Gasteiger partial charge in [0.05, 0.1) is 37.2 Å². The molecule has 0 aliphatic carbocycles. The number of sulfonamides is 1. The summed E-state index contributed by atoms with van der Waals surface area (Å²) in [6.45, 7) is 1.67. The number of carbonyl (C=O) groups excluding carboxylic acids is 1. The number of methoxy groups -OCH3 is 1. The molecular weight excluding hydrogens is 520 g/mol. The third kappa shape index (κ3) is 5.88. The maximum absolute atomic E-state index is 13.0. The number of benzene rings is 3. The molecule has 1 amide bonds. The predicted molar refractivity (Wildman–Crippen MR) is 145 cm³/mol. The normalized spacial score (nSPS) is 22.6. The molecule has 1 fully saturated rings. The molecule has 0 saturated carbocycles. The SMILES string of the molecule is COc1cccc(S(=O)(=O)Nc2ccc3c(c2)[C@@H]2C[C@H](CC(=O)N[C@@H](C)c4ccccc4)O[C@@H](CO)[C@@H]2O3)c1. The molecule has 0 radical (unpaired) electrons. The van der Waals surface area contributed by atoms with E-state index in [-0.39, 0.29) is 35.8 Å². The first-order valence-electron chi connectivity index (χ1n) is 12.9. The quantitative estimate of drug-likeness (QED) is 0.369. The lowest BCUT2D eigenvalue weighted by Crippen LogP contribution is -2.47. The van der Waals surface area contributed by atoms with E-state index in [2.05, 4.69) is 10.0 Å². The number of nitrogens with one attached hydrogen (secondary N) is 2. The Kier molecular flexibility index (Phi) is 7.79. The molecule has 1 saturated heterocycles. The van der Waals surface area contributed by atoms with Gasteiger partial charge in [0, 0.05) is 23.2 Å². The molecule has 5 atom stereocenters. The van der Waals surface area contributed by atoms with Gasteiger partial charge in [-0.3, -0.25) is 9.52 Å². The minimum absolute atomic E-state index is 0.0821. The number of aliphatic hydroxyl groups is 1. The van der Waals surface area contributed by atoms with Crippen LogP contribution in [-0.4, -0.2) is 51.5 Å². The first kappa shape index (κ1) is 27.0. The number of amides is 1. The third-order valence-electron chi connectivity index (χ3n) is 7.19. The number of aliphatic hydroxyl groups excluding tert-OH is 1. The molecular formula is C29H32N2O7S. The number of ether oxygens (including phenoxy) is 3. The molecule has 0 aromatic heterocycles. The minimum Gasteiger partial charge on any atom is -0.497 e. The standard InChI is InChI=1S/C29H32N2O7S/c1-18(19-7-4-3-5-8-19)30-28(33)16-22-15-25-24-13-20(11-12-26(24)38-29(25)27(17-32)37-22)31-39(34,35)23-10-6-9-21(14-23)36-2/h3-14,18,22,25,27,29,31-32H,15-17H2,1-2H3,(H,30,33)/t18-,22+,25-,27-,29+/m0/s1. The average molecular weight is 553 g/mol. The van der Waals surface area contributed by atoms with Gasteiger partial charge in [0.1, 0.15) is 23.7 Å². The zero-order valence-electron chi connectivity index (χ0n) is 21.7. The molecule has 206 valence electrons. The van der Waals surface area contributed by atoms with Crippen LogP contribution >= 0.6 is 0 Å². The van der Waals surface area contributed by atoms with Crippen LogP contribution in [0.15, 0.2) is 77.7 Å². The maximum atomic E-state index is 13.0. The van der Waals surface area contributed by atoms with Crippen molar-refractivity contribution in [3.8, 4) is 11.5 Å². The summed E-state index contributed by atoms with van der Waals surface area (Å²) in [6, 6.07) is 20.9. The molecule has 9 nitrogen and oxygen atoms in total. The third-order valence-corrected chi connectivity index (χ3v) is 8.57. The van der Waals surface area contributed by atoms with Crippen LogP contribution in [0.5, 0.6) is 11.5 Å². The smallest absolute Gasteiger partial charge is 0.262 e. The first-order valence-corrected chi connectivity index (χ1v) is 14.3. The van der Waals surface area contributed by atoms with E-state index in [1.165, 1.54) is 19.2 Å². The van der Waals surface area contributed by atoms with Gasteiger partial charge in [-0.15, -0.1) is 0 Å². The highest BCUT2D eigenvalue weighted by molar-refractivity contribution is 7.92. The molecule has 2 heterocycles. The predicted octanol–water partition coefficient (Wildman–Crippen LogP) is 3.76. The van der Waals surface area contributed by atoms with Gasteiger partial charge in [-0.2, -0.15) is 0 Å². The summed E-state index contributed by atoms with van der Waals surface area (Å²) in [5.74, 6) is 0.731. The number of carbonyl (C=O) groups is 1. The zero-order valence-corrected chi connectivity index (χ0v) is 22.6. The van der Waals surface area contributed by atoms with Crippen LogP contribution in [-0.2, 0) is 19.6 Å². The number of anilines is 1. The summed E-state index contributed by atoms with van der Waals surface area (Å²) in [4.78, 5) is 12.9. The molecule has 10 heteroatoms. The Hall–Kier alpha value is -3.60. The van der Waals surface area contributed by atoms with E-state index in [4.69, 9.17) is 14.2 Å². The second kappa shape index (κ2) is 11.3. The van der Waals surface area contributed by atoms with E-state index in [0.29, 0.717) is 23.6 Å². The lowest BCUT2D eigenvalue weighted by molar-refractivity contribution is -0.142. The molecule has 0 unspecified atom stereocenters. The Morgan fingerprint density at radius 2 is 1.90 bits per heavy atom. The summed E-state index contributed by atoms with van der Waals surface area (Å²) in [5, 5.41) is 13.0. The first-order chi connectivity index (χ1) is 18.8. The van der Waals surface area contributed by atoms with Crippen molar-refractivity contribution < 1.29 is 32.5 Å². The Balaban J connectivity index is 1.31. The van der Waals surface area contributed by atoms with Gasteiger partial charge >= 0.3 is 0 Å². The Morgan fingerprint density at radius 1 is 1.10 bits per heavy atom. The highest BCUT2D eigenvalue weighted by atomic mass is 32.2. The van der Waals surface area contributed by atoms with Crippen molar-refractivity contribution >= 4 is 21.6 Å². The molecule has 2 aliphatic heterocycles. The molecule has 3 aromatic rings. The topological polar surface area (TPSA) is 123 Å². The molecule has 0 bridgehead atoms. The maximum Gasteiger partial charge on any atom is 0.262 e. The van der Waals surface area contributed by atoms with Crippen molar-refractivity contribution in [3.05, 3.63) is 83.9 Å². The van der Waals surface area contributed by atoms with E-state index in [1.54, 1.807) is 30.3 Å². The second-order valence-corrected chi connectivity index (χ2v) is 11.5. The molecule has 39 heavy (non-hydrogen) atoms. The van der Waals surface area contributed by atoms with Crippen LogP contribution in [0.4, 0.5) is 5.69 Å². The van der Waals surface area contributed by atoms with E-state index >= 15 is 0 Å². The van der Waals surface area contributed by atoms with Crippen LogP contribution in [0.3, 0.4) is 0 Å². The lowest BCUT2D eigenvalue weighted by Gasteiger charge is -2.37. The van der Waals surface area contributed by atoms with E-state index < -0.39 is 28.3 Å². The Labute approximate surface area is 228 Å². The van der Waals surface area contributed by atoms with Gasteiger partial charge < -0.3 is 24.6 Å². The van der Waals surface area contributed by atoms with E-state index in [9.17, 15) is 18.3 Å². The van der Waals surface area contributed by atoms with Gasteiger partial charge in [0.15, 0.2) is 0 Å². The molecule has 3 aromatic carbocycles. The van der Waals surface area contributed by atoms with Crippen LogP contribution < -0.4 is 19.5 Å². The monoisotopic (exact) mass is 552 g/mol. The highest BCUT2D eigenvalue weighted by Gasteiger charge is 2.46. The van der Waals surface area contributed by atoms with Crippen LogP contribution in [0.1, 0.15) is 42.9 Å². The van der Waals surface area contributed by atoms with Crippen LogP contribution in [0, 0.1) is 0 Å². The second-order valence-electron chi connectivity index (χ2n) is 9.84. The summed E-state index contributed by atoms with van der Waals surface area (Å²) in [6.07, 6.45) is -0.852. The molecule has 2 aliphatic rings. The fourth-order valence-electron chi connectivity index (χ4n) is 5.27. The molecule has 0 spiro atoms. The average Bonchev–Trinajstić information content (AvgIpc) is 3.30. The van der Waals surface area contributed by atoms with Crippen molar-refractivity contribution in [1.29, 1.82) is 0 Å². The van der Waals surface area contributed by atoms with E-state index in [0.717, 1.165) is 11.1 Å². The summed E-state index contributed by atoms with van der Waals surface area (Å²) < 4.78 is 46.0. The van der Waals surface area contributed by atoms with Crippen molar-refractivity contribution in [2.75, 3.05) is 18.4 Å². The summed E-state index contributed by atoms with van der Waals surface area (Å²) >= 11 is 0. The van der Waals surface area contributed by atoms with Gasteiger partial charge in [0.2, 0.25) is 5.91 Å². The van der Waals surface area contributed by atoms with Gasteiger partial charge in [0.25, 0.3) is 10.0 Å². The van der Waals surface area contributed by atoms with Crippen LogP contribution in [0.25, 0.3) is 0 Å². The number of hydrogen-bond donors (Lipinski definition) is 3. The van der Waals surface area contributed by atoms with Gasteiger partial charge in [-0.1, -0.05) is 36.4 Å². The van der Waals surface area contributed by atoms with E-state index in [1.807, 2.05) is 37.3 Å². The largest absolute Gasteiger partial charge is 0.497 e. The van der Waals surface area contributed by atoms with Crippen molar-refractivity contribution in [3.63, 3.8) is 0 Å². The summed E-state index contributed by atoms with van der Waals surface area (Å²) in [7, 11) is -2.38. The fraction of sp³-hybridized carbons (Fsp3) is 0.345. The van der Waals surface area contributed by atoms with Crippen molar-refractivity contribution in [2.24, 2.45) is 0 Å². The Morgan fingerprint density at radius 3 is 2.64 bits per heavy atom. The minimum atomic E-state index is -3.86.